The number of ether oxygens (including phenoxy) is 1. The molecule has 1 aromatic heterocycles. The molecule has 3 aromatic carbocycles. The molecule has 2 N–H and O–H groups in total. The molecule has 3 atom stereocenters. The lowest BCUT2D eigenvalue weighted by Gasteiger charge is -2.36. The molecule has 11 heteroatoms. The van der Waals surface area contributed by atoms with Crippen LogP contribution in [-0.4, -0.2) is 36.6 Å². The minimum Gasteiger partial charge on any atom is -0.406 e. The van der Waals surface area contributed by atoms with Crippen LogP contribution in [0.1, 0.15) is 25.3 Å². The third-order valence-corrected chi connectivity index (χ3v) is 8.01. The van der Waals surface area contributed by atoms with Crippen molar-refractivity contribution in [2.45, 2.75) is 48.7 Å². The van der Waals surface area contributed by atoms with Crippen LogP contribution in [0.4, 0.5) is 17.6 Å². The van der Waals surface area contributed by atoms with Crippen molar-refractivity contribution in [3.05, 3.63) is 72.5 Å². The van der Waals surface area contributed by atoms with Crippen molar-refractivity contribution in [2.24, 2.45) is 0 Å². The number of aliphatic hydroxyl groups is 1. The van der Waals surface area contributed by atoms with Gasteiger partial charge in [0.15, 0.2) is 0 Å². The highest BCUT2D eigenvalue weighted by atomic mass is 32.2. The van der Waals surface area contributed by atoms with Gasteiger partial charge < -0.3 is 14.4 Å². The standard InChI is InChI=1S/C25H22F4N2O4S/c26-15-8-13-19-18-4-1-2-6-21(18)31(23(19)14-15)22-7-3-5-20(24(22)32)30-36(33,34)17-11-9-16(10-12-17)35-25(27,28)29/h1-2,4,6,8-14,20,22,24,30,32H,3,5,7H2/t20-,22+,24+/m0/s1. The molecule has 0 radical (unpaired) electrons. The number of hydrogen-bond acceptors (Lipinski definition) is 4. The van der Waals surface area contributed by atoms with Gasteiger partial charge in [0.25, 0.3) is 0 Å². The van der Waals surface area contributed by atoms with Gasteiger partial charge in [0.2, 0.25) is 10.0 Å². The molecular weight excluding hydrogens is 500 g/mol. The van der Waals surface area contributed by atoms with Crippen LogP contribution in [0.2, 0.25) is 0 Å². The number of nitrogens with one attached hydrogen (secondary N) is 1. The summed E-state index contributed by atoms with van der Waals surface area (Å²) >= 11 is 0. The quantitative estimate of drug-likeness (QED) is 0.350. The Balaban J connectivity index is 1.44. The minimum absolute atomic E-state index is 0.259. The van der Waals surface area contributed by atoms with E-state index in [9.17, 15) is 31.1 Å². The fourth-order valence-electron chi connectivity index (χ4n) is 4.99. The highest BCUT2D eigenvalue weighted by Crippen LogP contribution is 2.38. The Morgan fingerprint density at radius 1 is 0.944 bits per heavy atom. The zero-order valence-corrected chi connectivity index (χ0v) is 19.6. The van der Waals surface area contributed by atoms with Crippen LogP contribution in [0.3, 0.4) is 0 Å². The maximum atomic E-state index is 14.2. The van der Waals surface area contributed by atoms with E-state index in [1.54, 1.807) is 6.07 Å². The summed E-state index contributed by atoms with van der Waals surface area (Å²) in [4.78, 5) is -0.259. The summed E-state index contributed by atoms with van der Waals surface area (Å²) in [5.41, 5.74) is 1.40. The number of alkyl halides is 3. The third-order valence-electron chi connectivity index (χ3n) is 6.50. The maximum Gasteiger partial charge on any atom is 0.573 e. The number of rotatable bonds is 5. The van der Waals surface area contributed by atoms with Gasteiger partial charge in [-0.25, -0.2) is 17.5 Å². The number of para-hydroxylation sites is 1. The lowest BCUT2D eigenvalue weighted by Crippen LogP contribution is -2.49. The van der Waals surface area contributed by atoms with Crippen molar-refractivity contribution in [2.75, 3.05) is 0 Å². The molecule has 1 saturated carbocycles. The van der Waals surface area contributed by atoms with E-state index in [0.717, 1.165) is 40.6 Å². The smallest absolute Gasteiger partial charge is 0.406 e. The second kappa shape index (κ2) is 9.06. The Morgan fingerprint density at radius 2 is 1.64 bits per heavy atom. The molecule has 5 rings (SSSR count). The van der Waals surface area contributed by atoms with Gasteiger partial charge in [0, 0.05) is 16.3 Å². The average molecular weight is 523 g/mol. The predicted molar refractivity (Wildman–Crippen MR) is 126 cm³/mol. The molecule has 4 aromatic rings. The summed E-state index contributed by atoms with van der Waals surface area (Å²) < 4.78 is 85.4. The fourth-order valence-corrected chi connectivity index (χ4v) is 6.27. The topological polar surface area (TPSA) is 80.6 Å². The zero-order chi connectivity index (χ0) is 25.7. The van der Waals surface area contributed by atoms with Crippen LogP contribution in [0, 0.1) is 5.82 Å². The summed E-state index contributed by atoms with van der Waals surface area (Å²) in [5.74, 6) is -0.968. The molecule has 0 unspecified atom stereocenters. The van der Waals surface area contributed by atoms with Crippen LogP contribution in [0.15, 0.2) is 71.6 Å². The summed E-state index contributed by atoms with van der Waals surface area (Å²) in [5, 5.41) is 13.0. The van der Waals surface area contributed by atoms with E-state index < -0.39 is 46.1 Å². The van der Waals surface area contributed by atoms with Crippen molar-refractivity contribution < 1.29 is 35.8 Å². The van der Waals surface area contributed by atoms with Gasteiger partial charge in [-0.2, -0.15) is 0 Å². The Hall–Kier alpha value is -3.15. The molecule has 0 spiro atoms. The number of sulfonamides is 1. The normalized spacial score (nSPS) is 21.2. The van der Waals surface area contributed by atoms with Crippen molar-refractivity contribution in [1.29, 1.82) is 0 Å². The number of halogens is 4. The number of fused-ring (bicyclic) bond motifs is 3. The highest BCUT2D eigenvalue weighted by molar-refractivity contribution is 7.89. The zero-order valence-electron chi connectivity index (χ0n) is 18.7. The van der Waals surface area contributed by atoms with Crippen molar-refractivity contribution in [3.8, 4) is 5.75 Å². The molecule has 1 aliphatic rings. The van der Waals surface area contributed by atoms with E-state index in [2.05, 4.69) is 9.46 Å². The second-order valence-corrected chi connectivity index (χ2v) is 10.5. The number of aromatic nitrogens is 1. The number of aliphatic hydroxyl groups excluding tert-OH is 1. The van der Waals surface area contributed by atoms with Gasteiger partial charge in [-0.3, -0.25) is 0 Å². The van der Waals surface area contributed by atoms with Crippen LogP contribution < -0.4 is 9.46 Å². The van der Waals surface area contributed by atoms with E-state index in [1.165, 1.54) is 12.1 Å². The molecular formula is C25H22F4N2O4S. The van der Waals surface area contributed by atoms with Crippen LogP contribution >= 0.6 is 0 Å². The summed E-state index contributed by atoms with van der Waals surface area (Å²) in [6.07, 6.45) is -4.53. The van der Waals surface area contributed by atoms with Gasteiger partial charge in [0.1, 0.15) is 11.6 Å². The van der Waals surface area contributed by atoms with Crippen LogP contribution in [-0.2, 0) is 10.0 Å². The monoisotopic (exact) mass is 522 g/mol. The van der Waals surface area contributed by atoms with Gasteiger partial charge in [-0.05, 0) is 67.8 Å². The number of benzene rings is 3. The van der Waals surface area contributed by atoms with Gasteiger partial charge in [-0.1, -0.05) is 18.2 Å². The van der Waals surface area contributed by atoms with Gasteiger partial charge in [-0.15, -0.1) is 13.2 Å². The lowest BCUT2D eigenvalue weighted by atomic mass is 9.88. The molecule has 6 nitrogen and oxygen atoms in total. The van der Waals surface area contributed by atoms with Gasteiger partial charge in [0.05, 0.1) is 28.6 Å². The van der Waals surface area contributed by atoms with E-state index in [0.29, 0.717) is 24.8 Å². The summed E-state index contributed by atoms with van der Waals surface area (Å²) in [6, 6.07) is 14.4. The van der Waals surface area contributed by atoms with Crippen molar-refractivity contribution in [1.82, 2.24) is 9.29 Å². The van der Waals surface area contributed by atoms with Gasteiger partial charge >= 0.3 is 6.36 Å². The summed E-state index contributed by atoms with van der Waals surface area (Å²) in [6.45, 7) is 0. The molecule has 190 valence electrons. The Kier molecular flexibility index (Phi) is 6.17. The SMILES string of the molecule is O=S(=O)(N[C@H]1CCC[C@@H](n2c3ccccc3c3ccc(F)cc32)[C@@H]1O)c1ccc(OC(F)(F)F)cc1. The maximum absolute atomic E-state index is 14.2. The van der Waals surface area contributed by atoms with E-state index in [-0.39, 0.29) is 4.90 Å². The average Bonchev–Trinajstić information content (AvgIpc) is 3.13. The van der Waals surface area contributed by atoms with E-state index >= 15 is 0 Å². The predicted octanol–water partition coefficient (Wildman–Crippen LogP) is 5.27. The minimum atomic E-state index is -4.89. The lowest BCUT2D eigenvalue weighted by molar-refractivity contribution is -0.274. The Labute approximate surface area is 204 Å². The van der Waals surface area contributed by atoms with E-state index in [4.69, 9.17) is 0 Å². The largest absolute Gasteiger partial charge is 0.573 e. The van der Waals surface area contributed by atoms with Crippen molar-refractivity contribution in [3.63, 3.8) is 0 Å². The van der Waals surface area contributed by atoms with Crippen molar-refractivity contribution >= 4 is 31.8 Å². The molecule has 1 fully saturated rings. The molecule has 36 heavy (non-hydrogen) atoms. The molecule has 1 heterocycles. The molecule has 0 amide bonds. The molecule has 0 saturated heterocycles. The second-order valence-electron chi connectivity index (χ2n) is 8.78. The van der Waals surface area contributed by atoms with E-state index in [1.807, 2.05) is 28.8 Å². The molecule has 1 aliphatic carbocycles. The first kappa shape index (κ1) is 24.5. The Morgan fingerprint density at radius 3 is 2.36 bits per heavy atom. The van der Waals surface area contributed by atoms with Crippen LogP contribution in [0.25, 0.3) is 21.8 Å². The first-order valence-corrected chi connectivity index (χ1v) is 12.8. The first-order valence-electron chi connectivity index (χ1n) is 11.3. The third kappa shape index (κ3) is 4.65. The molecule has 0 bridgehead atoms. The Bertz CT molecular complexity index is 1520. The first-order chi connectivity index (χ1) is 17.0. The number of nitrogens with zero attached hydrogens (tertiary/aromatic N) is 1. The number of hydrogen-bond donors (Lipinski definition) is 2. The summed E-state index contributed by atoms with van der Waals surface area (Å²) in [7, 11) is -4.15. The highest BCUT2D eigenvalue weighted by Gasteiger charge is 2.37. The fraction of sp³-hybridized carbons (Fsp3) is 0.280. The molecule has 0 aliphatic heterocycles. The van der Waals surface area contributed by atoms with Crippen LogP contribution in [0.5, 0.6) is 5.75 Å².